The summed E-state index contributed by atoms with van der Waals surface area (Å²) in [4.78, 5) is -0.0366. The molecule has 5 heteroatoms. The van der Waals surface area contributed by atoms with E-state index in [2.05, 4.69) is 26.0 Å². The summed E-state index contributed by atoms with van der Waals surface area (Å²) in [6, 6.07) is 9.56. The molecule has 0 amide bonds. The van der Waals surface area contributed by atoms with E-state index >= 15 is 0 Å². The molecule has 0 aliphatic rings. The van der Waals surface area contributed by atoms with Crippen LogP contribution in [0.3, 0.4) is 0 Å². The molecule has 2 rings (SSSR count). The number of aryl methyl sites for hydroxylation is 2. The van der Waals surface area contributed by atoms with Crippen molar-refractivity contribution in [3.63, 3.8) is 0 Å². The Labute approximate surface area is 288 Å². The van der Waals surface area contributed by atoms with Crippen LogP contribution >= 0.6 is 0 Å². The molecule has 0 heterocycles. The molecule has 0 radical (unpaired) electrons. The van der Waals surface area contributed by atoms with Crippen LogP contribution in [0.25, 0.3) is 10.8 Å². The summed E-state index contributed by atoms with van der Waals surface area (Å²) in [5.41, 5.74) is 2.20. The van der Waals surface area contributed by atoms with Gasteiger partial charge in [-0.15, -0.1) is 0 Å². The average molecular weight is 623 g/mol. The molecule has 0 spiro atoms. The Balaban J connectivity index is 0.00000924. The van der Waals surface area contributed by atoms with Crippen LogP contribution in [0.5, 0.6) is 0 Å². The molecule has 0 atom stereocenters. The van der Waals surface area contributed by atoms with E-state index in [1.807, 2.05) is 6.07 Å². The standard InChI is InChI=1S/C38H64O3S.Na/c1-3-5-7-9-11-13-15-17-19-21-23-25-28-34-32-33-35(38-36(34)30-27-31-37(38)42(39,40)41)29-26-24-22-20-18-16-14-12-10-8-6-4-2;/h27,30-33H,3-26,28-29H2,1-2H3,(H,39,40,41);/q;+1/p-1. The van der Waals surface area contributed by atoms with Crippen molar-refractivity contribution >= 4 is 20.9 Å². The molecule has 0 unspecified atom stereocenters. The molecule has 0 fully saturated rings. The van der Waals surface area contributed by atoms with E-state index in [1.165, 1.54) is 146 Å². The molecule has 0 aliphatic heterocycles. The summed E-state index contributed by atoms with van der Waals surface area (Å²) in [5.74, 6) is 0. The van der Waals surface area contributed by atoms with E-state index < -0.39 is 10.1 Å². The Morgan fingerprint density at radius 1 is 0.488 bits per heavy atom. The third-order valence-corrected chi connectivity index (χ3v) is 9.93. The molecule has 0 aromatic heterocycles. The number of fused-ring (bicyclic) bond motifs is 1. The predicted octanol–water partition coefficient (Wildman–Crippen LogP) is 9.24. The van der Waals surface area contributed by atoms with E-state index in [0.29, 0.717) is 5.39 Å². The summed E-state index contributed by atoms with van der Waals surface area (Å²) in [6.07, 6.45) is 33.2. The van der Waals surface area contributed by atoms with Gasteiger partial charge < -0.3 is 4.55 Å². The maximum Gasteiger partial charge on any atom is 1.00 e. The Morgan fingerprint density at radius 2 is 0.837 bits per heavy atom. The van der Waals surface area contributed by atoms with Crippen molar-refractivity contribution in [2.45, 2.75) is 186 Å². The molecule has 0 N–H and O–H groups in total. The number of unbranched alkanes of at least 4 members (excludes halogenated alkanes) is 22. The van der Waals surface area contributed by atoms with Gasteiger partial charge >= 0.3 is 29.6 Å². The molecule has 2 aromatic carbocycles. The molecule has 0 saturated carbocycles. The van der Waals surface area contributed by atoms with Crippen LogP contribution in [0.15, 0.2) is 35.2 Å². The summed E-state index contributed by atoms with van der Waals surface area (Å²) < 4.78 is 36.6. The summed E-state index contributed by atoms with van der Waals surface area (Å²) >= 11 is 0. The first kappa shape index (κ1) is 40.6. The van der Waals surface area contributed by atoms with Crippen molar-refractivity contribution in [3.8, 4) is 0 Å². The summed E-state index contributed by atoms with van der Waals surface area (Å²) in [7, 11) is -4.52. The van der Waals surface area contributed by atoms with Gasteiger partial charge in [-0.2, -0.15) is 0 Å². The third kappa shape index (κ3) is 17.8. The van der Waals surface area contributed by atoms with Crippen molar-refractivity contribution in [2.24, 2.45) is 0 Å². The second-order valence-corrected chi connectivity index (χ2v) is 14.1. The fraction of sp³-hybridized carbons (Fsp3) is 0.737. The Hall–Kier alpha value is -0.390. The molecular weight excluding hydrogens is 559 g/mol. The van der Waals surface area contributed by atoms with Crippen LogP contribution in [0.2, 0.25) is 0 Å². The average Bonchev–Trinajstić information content (AvgIpc) is 2.98. The van der Waals surface area contributed by atoms with E-state index in [4.69, 9.17) is 0 Å². The molecule has 2 aromatic rings. The fourth-order valence-electron chi connectivity index (χ4n) is 6.45. The maximum absolute atomic E-state index is 12.2. The van der Waals surface area contributed by atoms with Gasteiger partial charge in [-0.1, -0.05) is 179 Å². The number of rotatable bonds is 27. The first-order valence-electron chi connectivity index (χ1n) is 18.0. The summed E-state index contributed by atoms with van der Waals surface area (Å²) in [6.45, 7) is 4.54. The van der Waals surface area contributed by atoms with Gasteiger partial charge in [0.25, 0.3) is 0 Å². The summed E-state index contributed by atoms with van der Waals surface area (Å²) in [5, 5.41) is 1.65. The largest absolute Gasteiger partial charge is 1.00 e. The van der Waals surface area contributed by atoms with E-state index in [0.717, 1.165) is 43.1 Å². The monoisotopic (exact) mass is 622 g/mol. The van der Waals surface area contributed by atoms with Gasteiger partial charge in [0.2, 0.25) is 0 Å². The van der Waals surface area contributed by atoms with Crippen molar-refractivity contribution < 1.29 is 42.5 Å². The van der Waals surface area contributed by atoms with Gasteiger partial charge in [-0.25, -0.2) is 8.42 Å². The third-order valence-electron chi connectivity index (χ3n) is 9.05. The predicted molar refractivity (Wildman–Crippen MR) is 181 cm³/mol. The second-order valence-electron chi connectivity index (χ2n) is 12.8. The van der Waals surface area contributed by atoms with Crippen LogP contribution in [0.1, 0.15) is 179 Å². The zero-order valence-electron chi connectivity index (χ0n) is 28.4. The van der Waals surface area contributed by atoms with Gasteiger partial charge in [0, 0.05) is 5.39 Å². The quantitative estimate of drug-likeness (QED) is 0.0567. The van der Waals surface area contributed by atoms with E-state index in [9.17, 15) is 13.0 Å². The van der Waals surface area contributed by atoms with Gasteiger partial charge in [-0.05, 0) is 48.3 Å². The van der Waals surface area contributed by atoms with Gasteiger partial charge in [0.1, 0.15) is 10.1 Å². The molecule has 0 saturated heterocycles. The SMILES string of the molecule is CCCCCCCCCCCCCCc1ccc(CCCCCCCCCCCCCC)c2c(S(=O)(=O)[O-])cccc12.[Na+]. The van der Waals surface area contributed by atoms with Crippen LogP contribution in [-0.4, -0.2) is 13.0 Å². The Morgan fingerprint density at radius 3 is 1.23 bits per heavy atom. The first-order chi connectivity index (χ1) is 20.5. The minimum absolute atomic E-state index is 0. The smallest absolute Gasteiger partial charge is 0.744 e. The second kappa shape index (κ2) is 25.8. The zero-order chi connectivity index (χ0) is 30.3. The van der Waals surface area contributed by atoms with Crippen LogP contribution in [0.4, 0.5) is 0 Å². The van der Waals surface area contributed by atoms with Crippen LogP contribution < -0.4 is 29.6 Å². The minimum Gasteiger partial charge on any atom is -0.744 e. The van der Waals surface area contributed by atoms with E-state index in [-0.39, 0.29) is 34.5 Å². The molecule has 0 bridgehead atoms. The molecular formula is C38H63NaO3S. The maximum atomic E-state index is 12.2. The van der Waals surface area contributed by atoms with Gasteiger partial charge in [-0.3, -0.25) is 0 Å². The van der Waals surface area contributed by atoms with Gasteiger partial charge in [0.05, 0.1) is 4.90 Å². The van der Waals surface area contributed by atoms with Crippen molar-refractivity contribution in [2.75, 3.05) is 0 Å². The van der Waals surface area contributed by atoms with Crippen molar-refractivity contribution in [1.29, 1.82) is 0 Å². The van der Waals surface area contributed by atoms with E-state index in [1.54, 1.807) is 6.07 Å². The van der Waals surface area contributed by atoms with Crippen LogP contribution in [0, 0.1) is 0 Å². The normalized spacial score (nSPS) is 11.7. The van der Waals surface area contributed by atoms with Crippen molar-refractivity contribution in [1.82, 2.24) is 0 Å². The molecule has 0 aliphatic carbocycles. The number of hydrogen-bond donors (Lipinski definition) is 0. The minimum atomic E-state index is -4.52. The van der Waals surface area contributed by atoms with Gasteiger partial charge in [0.15, 0.2) is 0 Å². The van der Waals surface area contributed by atoms with Crippen molar-refractivity contribution in [3.05, 3.63) is 41.5 Å². The first-order valence-corrected chi connectivity index (χ1v) is 19.4. The fourth-order valence-corrected chi connectivity index (χ4v) is 7.19. The molecule has 3 nitrogen and oxygen atoms in total. The number of hydrogen-bond acceptors (Lipinski definition) is 3. The number of benzene rings is 2. The Bertz CT molecular complexity index is 1070. The van der Waals surface area contributed by atoms with Crippen LogP contribution in [-0.2, 0) is 23.0 Å². The zero-order valence-corrected chi connectivity index (χ0v) is 31.2. The Kier molecular flexibility index (Phi) is 24.3. The molecule has 43 heavy (non-hydrogen) atoms. The topological polar surface area (TPSA) is 57.2 Å². The molecule has 240 valence electrons.